The molecule has 0 aliphatic heterocycles. The third-order valence-electron chi connectivity index (χ3n) is 1.77. The zero-order valence-electron chi connectivity index (χ0n) is 7.81. The predicted octanol–water partition coefficient (Wildman–Crippen LogP) is 0.442. The van der Waals surface area contributed by atoms with Crippen molar-refractivity contribution in [1.82, 2.24) is 19.7 Å². The molecule has 8 nitrogen and oxygen atoms in total. The average molecular weight is 216 g/mol. The van der Waals surface area contributed by atoms with E-state index in [1.807, 2.05) is 0 Å². The zero-order valence-corrected chi connectivity index (χ0v) is 7.81. The summed E-state index contributed by atoms with van der Waals surface area (Å²) in [6.45, 7) is 0. The highest BCUT2D eigenvalue weighted by Crippen LogP contribution is 2.10. The van der Waals surface area contributed by atoms with Gasteiger partial charge in [0.1, 0.15) is 18.6 Å². The molecule has 0 saturated heterocycles. The lowest BCUT2D eigenvalue weighted by Crippen LogP contribution is -1.99. The number of rotatable bonds is 2. The van der Waals surface area contributed by atoms with Gasteiger partial charge in [0.25, 0.3) is 11.5 Å². The minimum Gasteiger partial charge on any atom is -0.258 e. The summed E-state index contributed by atoms with van der Waals surface area (Å²) in [6, 6.07) is 4.49. The Labute approximate surface area is 88.9 Å². The fourth-order valence-corrected chi connectivity index (χ4v) is 1.05. The summed E-state index contributed by atoms with van der Waals surface area (Å²) in [5, 5.41) is 22.7. The summed E-state index contributed by atoms with van der Waals surface area (Å²) in [4.78, 5) is 17.4. The van der Waals surface area contributed by atoms with Gasteiger partial charge in [-0.3, -0.25) is 10.1 Å². The van der Waals surface area contributed by atoms with Crippen molar-refractivity contribution in [2.45, 2.75) is 0 Å². The normalized spacial score (nSPS) is 9.69. The van der Waals surface area contributed by atoms with Crippen molar-refractivity contribution in [3.05, 3.63) is 40.6 Å². The molecular formula is C8H4N6O2. The van der Waals surface area contributed by atoms with E-state index < -0.39 is 4.92 Å². The molecule has 0 bridgehead atoms. The lowest BCUT2D eigenvalue weighted by atomic mass is 10.4. The van der Waals surface area contributed by atoms with Crippen LogP contribution in [0.1, 0.15) is 5.82 Å². The van der Waals surface area contributed by atoms with Gasteiger partial charge in [-0.05, 0) is 6.07 Å². The van der Waals surface area contributed by atoms with Crippen LogP contribution in [-0.4, -0.2) is 24.7 Å². The summed E-state index contributed by atoms with van der Waals surface area (Å²) in [6.07, 6.45) is 2.43. The Balaban J connectivity index is 2.35. The Morgan fingerprint density at radius 3 is 2.75 bits per heavy atom. The van der Waals surface area contributed by atoms with Crippen LogP contribution in [0, 0.1) is 21.4 Å². The van der Waals surface area contributed by atoms with E-state index in [2.05, 4.69) is 15.1 Å². The lowest BCUT2D eigenvalue weighted by Gasteiger charge is -1.97. The van der Waals surface area contributed by atoms with Crippen molar-refractivity contribution in [2.75, 3.05) is 0 Å². The molecule has 78 valence electrons. The fourth-order valence-electron chi connectivity index (χ4n) is 1.05. The van der Waals surface area contributed by atoms with Crippen LogP contribution >= 0.6 is 0 Å². The topological polar surface area (TPSA) is 111 Å². The van der Waals surface area contributed by atoms with E-state index >= 15 is 0 Å². The van der Waals surface area contributed by atoms with Crippen LogP contribution in [0.3, 0.4) is 0 Å². The highest BCUT2D eigenvalue weighted by molar-refractivity contribution is 5.32. The van der Waals surface area contributed by atoms with E-state index in [0.29, 0.717) is 5.82 Å². The first-order valence-electron chi connectivity index (χ1n) is 4.13. The van der Waals surface area contributed by atoms with E-state index in [1.165, 1.54) is 23.1 Å². The molecule has 0 aliphatic rings. The molecule has 0 amide bonds. The van der Waals surface area contributed by atoms with E-state index in [4.69, 9.17) is 5.26 Å². The molecule has 0 radical (unpaired) electrons. The number of nitrogens with zero attached hydrogens (tertiary/aromatic N) is 6. The molecule has 2 heterocycles. The van der Waals surface area contributed by atoms with Crippen molar-refractivity contribution in [3.8, 4) is 11.9 Å². The number of nitro groups is 1. The summed E-state index contributed by atoms with van der Waals surface area (Å²) < 4.78 is 1.27. The van der Waals surface area contributed by atoms with Gasteiger partial charge in [0.05, 0.1) is 4.92 Å². The highest BCUT2D eigenvalue weighted by Gasteiger charge is 2.07. The van der Waals surface area contributed by atoms with Crippen LogP contribution in [0.4, 0.5) is 5.69 Å². The fraction of sp³-hybridized carbons (Fsp3) is 0. The first kappa shape index (κ1) is 9.72. The Bertz CT molecular complexity index is 567. The third kappa shape index (κ3) is 1.69. The van der Waals surface area contributed by atoms with Crippen LogP contribution in [0.25, 0.3) is 5.82 Å². The van der Waals surface area contributed by atoms with Crippen molar-refractivity contribution in [3.63, 3.8) is 0 Å². The number of pyridine rings is 1. The van der Waals surface area contributed by atoms with Crippen LogP contribution in [0.5, 0.6) is 0 Å². The molecule has 0 saturated carbocycles. The molecule has 2 aromatic rings. The number of aromatic nitrogens is 4. The van der Waals surface area contributed by atoms with Crippen LogP contribution in [0.2, 0.25) is 0 Å². The SMILES string of the molecule is N#Cc1ncn(-c2ccc([N+](=O)[O-])cn2)n1. The van der Waals surface area contributed by atoms with Crippen LogP contribution < -0.4 is 0 Å². The molecule has 0 spiro atoms. The monoisotopic (exact) mass is 216 g/mol. The molecule has 0 fully saturated rings. The molecule has 2 rings (SSSR count). The van der Waals surface area contributed by atoms with Gasteiger partial charge >= 0.3 is 0 Å². The van der Waals surface area contributed by atoms with Gasteiger partial charge in [0.15, 0.2) is 5.82 Å². The predicted molar refractivity (Wildman–Crippen MR) is 50.5 cm³/mol. The molecule has 0 unspecified atom stereocenters. The number of hydrogen-bond acceptors (Lipinski definition) is 6. The van der Waals surface area contributed by atoms with Gasteiger partial charge in [-0.2, -0.15) is 5.26 Å². The van der Waals surface area contributed by atoms with Crippen molar-refractivity contribution >= 4 is 5.69 Å². The Kier molecular flexibility index (Phi) is 2.27. The Hall–Kier alpha value is -2.82. The maximum absolute atomic E-state index is 10.4. The molecule has 0 aromatic carbocycles. The summed E-state index contributed by atoms with van der Waals surface area (Å²) >= 11 is 0. The second-order valence-corrected chi connectivity index (χ2v) is 2.76. The van der Waals surface area contributed by atoms with Crippen LogP contribution in [-0.2, 0) is 0 Å². The standard InChI is InChI=1S/C8H4N6O2/c9-3-7-11-5-13(12-7)8-2-1-6(4-10-8)14(15)16/h1-2,4-5H. The Morgan fingerprint density at radius 2 is 2.25 bits per heavy atom. The van der Waals surface area contributed by atoms with Gasteiger partial charge in [0.2, 0.25) is 0 Å². The second kappa shape index (κ2) is 3.74. The van der Waals surface area contributed by atoms with Gasteiger partial charge in [-0.1, -0.05) is 0 Å². The van der Waals surface area contributed by atoms with Gasteiger partial charge < -0.3 is 0 Å². The smallest absolute Gasteiger partial charge is 0.258 e. The van der Waals surface area contributed by atoms with Crippen molar-refractivity contribution in [2.24, 2.45) is 0 Å². The lowest BCUT2D eigenvalue weighted by molar-refractivity contribution is -0.385. The summed E-state index contributed by atoms with van der Waals surface area (Å²) in [5.74, 6) is 0.375. The maximum atomic E-state index is 10.4. The largest absolute Gasteiger partial charge is 0.287 e. The van der Waals surface area contributed by atoms with Gasteiger partial charge in [-0.25, -0.2) is 14.6 Å². The Morgan fingerprint density at radius 1 is 1.44 bits per heavy atom. The molecule has 8 heteroatoms. The number of nitriles is 1. The van der Waals surface area contributed by atoms with Crippen molar-refractivity contribution < 1.29 is 4.92 Å². The number of hydrogen-bond donors (Lipinski definition) is 0. The molecule has 0 aliphatic carbocycles. The molecular weight excluding hydrogens is 212 g/mol. The minimum atomic E-state index is -0.543. The molecule has 2 aromatic heterocycles. The van der Waals surface area contributed by atoms with Crippen molar-refractivity contribution in [1.29, 1.82) is 5.26 Å². The maximum Gasteiger partial charge on any atom is 0.287 e. The zero-order chi connectivity index (χ0) is 11.5. The van der Waals surface area contributed by atoms with Gasteiger partial charge in [-0.15, -0.1) is 5.10 Å². The van der Waals surface area contributed by atoms with E-state index in [1.54, 1.807) is 6.07 Å². The van der Waals surface area contributed by atoms with E-state index in [-0.39, 0.29) is 11.5 Å². The average Bonchev–Trinajstić information content (AvgIpc) is 2.77. The first-order chi connectivity index (χ1) is 7.70. The first-order valence-corrected chi connectivity index (χ1v) is 4.13. The van der Waals surface area contributed by atoms with E-state index in [9.17, 15) is 10.1 Å². The molecule has 0 atom stereocenters. The van der Waals surface area contributed by atoms with Crippen LogP contribution in [0.15, 0.2) is 24.7 Å². The summed E-state index contributed by atoms with van der Waals surface area (Å²) in [7, 11) is 0. The highest BCUT2D eigenvalue weighted by atomic mass is 16.6. The quantitative estimate of drug-likeness (QED) is 0.532. The summed E-state index contributed by atoms with van der Waals surface area (Å²) in [5.41, 5.74) is -0.107. The van der Waals surface area contributed by atoms with Gasteiger partial charge in [0, 0.05) is 6.07 Å². The van der Waals surface area contributed by atoms with E-state index in [0.717, 1.165) is 6.20 Å². The third-order valence-corrected chi connectivity index (χ3v) is 1.77. The second-order valence-electron chi connectivity index (χ2n) is 2.76. The molecule has 0 N–H and O–H groups in total. The minimum absolute atomic E-state index is 0.0140. The molecule has 16 heavy (non-hydrogen) atoms.